The van der Waals surface area contributed by atoms with Crippen molar-refractivity contribution in [2.24, 2.45) is 0 Å². The SMILES string of the molecule is Cc1cc(C)c(NC(=O)CN(C)CC(=O)Nc2nc(-c3cc(F)ccc3F)cs2)c(C)c1. The largest absolute Gasteiger partial charge is 0.324 e. The van der Waals surface area contributed by atoms with E-state index < -0.39 is 11.6 Å². The van der Waals surface area contributed by atoms with Gasteiger partial charge >= 0.3 is 0 Å². The van der Waals surface area contributed by atoms with Crippen molar-refractivity contribution in [1.29, 1.82) is 0 Å². The summed E-state index contributed by atoms with van der Waals surface area (Å²) in [4.78, 5) is 30.5. The number of hydrogen-bond donors (Lipinski definition) is 2. The molecule has 0 radical (unpaired) electrons. The van der Waals surface area contributed by atoms with Gasteiger partial charge < -0.3 is 10.6 Å². The molecule has 2 amide bonds. The third-order valence-electron chi connectivity index (χ3n) is 4.72. The van der Waals surface area contributed by atoms with E-state index in [1.807, 2.05) is 32.9 Å². The second kappa shape index (κ2) is 9.97. The Morgan fingerprint density at radius 1 is 1.00 bits per heavy atom. The molecular formula is C23H24F2N4O2S. The zero-order chi connectivity index (χ0) is 23.4. The minimum Gasteiger partial charge on any atom is -0.324 e. The number of carbonyl (C=O) groups excluding carboxylic acids is 2. The Morgan fingerprint density at radius 3 is 2.28 bits per heavy atom. The summed E-state index contributed by atoms with van der Waals surface area (Å²) in [5.41, 5.74) is 4.11. The lowest BCUT2D eigenvalue weighted by atomic mass is 10.1. The highest BCUT2D eigenvalue weighted by molar-refractivity contribution is 7.14. The number of anilines is 2. The molecule has 32 heavy (non-hydrogen) atoms. The summed E-state index contributed by atoms with van der Waals surface area (Å²) in [5.74, 6) is -1.77. The van der Waals surface area contributed by atoms with Crippen LogP contribution in [0.15, 0.2) is 35.7 Å². The minimum atomic E-state index is -0.598. The monoisotopic (exact) mass is 458 g/mol. The minimum absolute atomic E-state index is 0.0252. The van der Waals surface area contributed by atoms with Gasteiger partial charge in [0.15, 0.2) is 5.13 Å². The average Bonchev–Trinajstić information content (AvgIpc) is 3.14. The van der Waals surface area contributed by atoms with E-state index in [1.165, 1.54) is 5.38 Å². The van der Waals surface area contributed by atoms with E-state index in [0.717, 1.165) is 51.9 Å². The van der Waals surface area contributed by atoms with E-state index >= 15 is 0 Å². The van der Waals surface area contributed by atoms with E-state index in [1.54, 1.807) is 11.9 Å². The Balaban J connectivity index is 1.55. The molecule has 0 spiro atoms. The molecule has 168 valence electrons. The zero-order valence-electron chi connectivity index (χ0n) is 18.3. The highest BCUT2D eigenvalue weighted by Gasteiger charge is 2.15. The predicted octanol–water partition coefficient (Wildman–Crippen LogP) is 4.52. The molecule has 0 fully saturated rings. The molecule has 0 unspecified atom stereocenters. The molecule has 0 saturated carbocycles. The number of carbonyl (C=O) groups is 2. The van der Waals surface area contributed by atoms with Gasteiger partial charge in [-0.05, 0) is 57.1 Å². The summed E-state index contributed by atoms with van der Waals surface area (Å²) >= 11 is 1.10. The summed E-state index contributed by atoms with van der Waals surface area (Å²) in [6, 6.07) is 7.11. The molecule has 0 bridgehead atoms. The van der Waals surface area contributed by atoms with Gasteiger partial charge in [0.2, 0.25) is 11.8 Å². The van der Waals surface area contributed by atoms with E-state index in [-0.39, 0.29) is 41.3 Å². The average molecular weight is 459 g/mol. The van der Waals surface area contributed by atoms with Gasteiger partial charge in [-0.1, -0.05) is 17.7 Å². The molecule has 0 aliphatic rings. The molecule has 2 N–H and O–H groups in total. The lowest BCUT2D eigenvalue weighted by molar-refractivity contribution is -0.119. The number of nitrogens with one attached hydrogen (secondary N) is 2. The Morgan fingerprint density at radius 2 is 1.62 bits per heavy atom. The van der Waals surface area contributed by atoms with E-state index in [9.17, 15) is 18.4 Å². The van der Waals surface area contributed by atoms with Gasteiger partial charge in [-0.3, -0.25) is 14.5 Å². The maximum Gasteiger partial charge on any atom is 0.240 e. The molecule has 6 nitrogen and oxygen atoms in total. The lowest BCUT2D eigenvalue weighted by Gasteiger charge is -2.17. The summed E-state index contributed by atoms with van der Waals surface area (Å²) in [6.45, 7) is 5.86. The van der Waals surface area contributed by atoms with Crippen molar-refractivity contribution >= 4 is 34.0 Å². The van der Waals surface area contributed by atoms with Gasteiger partial charge in [-0.15, -0.1) is 11.3 Å². The Labute approximate surface area is 189 Å². The number of aryl methyl sites for hydroxylation is 3. The smallest absolute Gasteiger partial charge is 0.240 e. The zero-order valence-corrected chi connectivity index (χ0v) is 19.1. The maximum atomic E-state index is 13.9. The van der Waals surface area contributed by atoms with Crippen LogP contribution < -0.4 is 10.6 Å². The van der Waals surface area contributed by atoms with Crippen LogP contribution >= 0.6 is 11.3 Å². The number of likely N-dealkylation sites (N-methyl/N-ethyl adjacent to an activating group) is 1. The summed E-state index contributed by atoms with van der Waals surface area (Å²) in [5, 5.41) is 7.33. The fourth-order valence-electron chi connectivity index (χ4n) is 3.41. The summed E-state index contributed by atoms with van der Waals surface area (Å²) in [6.07, 6.45) is 0. The van der Waals surface area contributed by atoms with Crippen molar-refractivity contribution in [3.63, 3.8) is 0 Å². The third kappa shape index (κ3) is 5.95. The Kier molecular flexibility index (Phi) is 7.32. The number of aromatic nitrogens is 1. The molecule has 0 saturated heterocycles. The molecule has 9 heteroatoms. The first-order chi connectivity index (χ1) is 15.1. The highest BCUT2D eigenvalue weighted by Crippen LogP contribution is 2.27. The van der Waals surface area contributed by atoms with Crippen LogP contribution in [0.4, 0.5) is 19.6 Å². The standard InChI is InChI=1S/C23H24F2N4O2S/c1-13-7-14(2)22(15(3)8-13)27-20(30)10-29(4)11-21(31)28-23-26-19(12-32-23)17-9-16(24)5-6-18(17)25/h5-9,12H,10-11H2,1-4H3,(H,27,30)(H,26,28,31). The number of thiazole rings is 1. The number of amides is 2. The van der Waals surface area contributed by atoms with Crippen molar-refractivity contribution in [2.45, 2.75) is 20.8 Å². The fraction of sp³-hybridized carbons (Fsp3) is 0.261. The highest BCUT2D eigenvalue weighted by atomic mass is 32.1. The maximum absolute atomic E-state index is 13.9. The predicted molar refractivity (Wildman–Crippen MR) is 123 cm³/mol. The van der Waals surface area contributed by atoms with Crippen LogP contribution in [-0.2, 0) is 9.59 Å². The topological polar surface area (TPSA) is 74.3 Å². The van der Waals surface area contributed by atoms with Crippen molar-refractivity contribution in [3.05, 3.63) is 64.0 Å². The number of benzene rings is 2. The van der Waals surface area contributed by atoms with Crippen molar-refractivity contribution in [3.8, 4) is 11.3 Å². The van der Waals surface area contributed by atoms with Crippen LogP contribution in [0.1, 0.15) is 16.7 Å². The molecule has 3 rings (SSSR count). The van der Waals surface area contributed by atoms with E-state index in [4.69, 9.17) is 0 Å². The van der Waals surface area contributed by atoms with Crippen LogP contribution in [0.5, 0.6) is 0 Å². The van der Waals surface area contributed by atoms with Crippen molar-refractivity contribution < 1.29 is 18.4 Å². The number of halogens is 2. The second-order valence-electron chi connectivity index (χ2n) is 7.70. The quantitative estimate of drug-likeness (QED) is 0.546. The van der Waals surface area contributed by atoms with Gasteiger partial charge in [0.05, 0.1) is 18.8 Å². The summed E-state index contributed by atoms with van der Waals surface area (Å²) in [7, 11) is 1.66. The lowest BCUT2D eigenvalue weighted by Crippen LogP contribution is -2.36. The fourth-order valence-corrected chi connectivity index (χ4v) is 4.14. The molecule has 0 aliphatic carbocycles. The van der Waals surface area contributed by atoms with Crippen molar-refractivity contribution in [2.75, 3.05) is 30.8 Å². The van der Waals surface area contributed by atoms with Gasteiger partial charge in [0.25, 0.3) is 0 Å². The first-order valence-corrected chi connectivity index (χ1v) is 10.8. The van der Waals surface area contributed by atoms with Gasteiger partial charge in [0, 0.05) is 16.6 Å². The molecule has 0 aliphatic heterocycles. The molecule has 2 aromatic carbocycles. The van der Waals surface area contributed by atoms with Crippen LogP contribution in [0.2, 0.25) is 0 Å². The first kappa shape index (κ1) is 23.5. The Hall–Kier alpha value is -3.17. The molecule has 1 heterocycles. The number of hydrogen-bond acceptors (Lipinski definition) is 5. The second-order valence-corrected chi connectivity index (χ2v) is 8.56. The van der Waals surface area contributed by atoms with Gasteiger partial charge in [-0.2, -0.15) is 0 Å². The number of nitrogens with zero attached hydrogens (tertiary/aromatic N) is 2. The summed E-state index contributed by atoms with van der Waals surface area (Å²) < 4.78 is 27.3. The first-order valence-electron chi connectivity index (χ1n) is 9.89. The van der Waals surface area contributed by atoms with Gasteiger partial charge in [0.1, 0.15) is 11.6 Å². The normalized spacial score (nSPS) is 11.0. The van der Waals surface area contributed by atoms with Crippen LogP contribution in [0.25, 0.3) is 11.3 Å². The van der Waals surface area contributed by atoms with E-state index in [0.29, 0.717) is 0 Å². The molecule has 1 aromatic heterocycles. The van der Waals surface area contributed by atoms with Crippen molar-refractivity contribution in [1.82, 2.24) is 9.88 Å². The molecule has 0 atom stereocenters. The Bertz CT molecular complexity index is 1140. The molecular weight excluding hydrogens is 434 g/mol. The van der Waals surface area contributed by atoms with Crippen LogP contribution in [-0.4, -0.2) is 41.8 Å². The van der Waals surface area contributed by atoms with Gasteiger partial charge in [-0.25, -0.2) is 13.8 Å². The third-order valence-corrected chi connectivity index (χ3v) is 5.48. The molecule has 3 aromatic rings. The van der Waals surface area contributed by atoms with Crippen LogP contribution in [0.3, 0.4) is 0 Å². The number of rotatable bonds is 7. The van der Waals surface area contributed by atoms with Crippen LogP contribution in [0, 0.1) is 32.4 Å². The van der Waals surface area contributed by atoms with E-state index in [2.05, 4.69) is 15.6 Å².